The molecule has 19 heavy (non-hydrogen) atoms. The van der Waals surface area contributed by atoms with Crippen LogP contribution in [-0.4, -0.2) is 9.91 Å². The summed E-state index contributed by atoms with van der Waals surface area (Å²) in [4.78, 5) is 14.1. The van der Waals surface area contributed by atoms with Gasteiger partial charge in [0.05, 0.1) is 9.95 Å². The van der Waals surface area contributed by atoms with Crippen molar-refractivity contribution in [2.45, 2.75) is 6.92 Å². The second kappa shape index (κ2) is 5.42. The average molecular weight is 299 g/mol. The maximum atomic E-state index is 10.9. The summed E-state index contributed by atoms with van der Waals surface area (Å²) in [6.07, 6.45) is 0. The highest BCUT2D eigenvalue weighted by molar-refractivity contribution is 6.32. The van der Waals surface area contributed by atoms with E-state index < -0.39 is 4.92 Å². The Bertz CT molecular complexity index is 647. The molecule has 1 aromatic heterocycles. The lowest BCUT2D eigenvalue weighted by Gasteiger charge is -2.08. The molecule has 2 aromatic rings. The third-order valence-corrected chi connectivity index (χ3v) is 2.82. The number of rotatable bonds is 3. The SMILES string of the molecule is Cc1ccc(Cl)c(Oc2nc(Cl)ccc2[N+](=O)[O-])c1. The van der Waals surface area contributed by atoms with Gasteiger partial charge in [0, 0.05) is 6.07 Å². The Morgan fingerprint density at radius 3 is 2.68 bits per heavy atom. The molecule has 1 aromatic carbocycles. The number of nitrogens with zero attached hydrogens (tertiary/aromatic N) is 2. The zero-order valence-electron chi connectivity index (χ0n) is 9.76. The van der Waals surface area contributed by atoms with Crippen molar-refractivity contribution >= 4 is 28.9 Å². The van der Waals surface area contributed by atoms with E-state index in [0.717, 1.165) is 5.56 Å². The largest absolute Gasteiger partial charge is 0.432 e. The molecule has 0 N–H and O–H groups in total. The van der Waals surface area contributed by atoms with Crippen molar-refractivity contribution in [3.8, 4) is 11.6 Å². The van der Waals surface area contributed by atoms with Crippen LogP contribution in [0, 0.1) is 17.0 Å². The number of hydrogen-bond acceptors (Lipinski definition) is 4. The molecule has 0 bridgehead atoms. The lowest BCUT2D eigenvalue weighted by molar-refractivity contribution is -0.386. The van der Waals surface area contributed by atoms with Crippen LogP contribution in [0.5, 0.6) is 11.6 Å². The van der Waals surface area contributed by atoms with Gasteiger partial charge in [0.2, 0.25) is 0 Å². The Morgan fingerprint density at radius 1 is 1.26 bits per heavy atom. The Morgan fingerprint density at radius 2 is 2.00 bits per heavy atom. The van der Waals surface area contributed by atoms with Crippen LogP contribution in [0.3, 0.4) is 0 Å². The first-order valence-corrected chi connectivity index (χ1v) is 5.98. The minimum Gasteiger partial charge on any atom is -0.432 e. The molecule has 0 radical (unpaired) electrons. The zero-order valence-corrected chi connectivity index (χ0v) is 11.3. The standard InChI is InChI=1S/C12H8Cl2N2O3/c1-7-2-3-8(13)10(6-7)19-12-9(16(17)18)4-5-11(14)15-12/h2-6H,1H3. The summed E-state index contributed by atoms with van der Waals surface area (Å²) >= 11 is 11.7. The minimum atomic E-state index is -0.595. The number of halogens is 2. The van der Waals surface area contributed by atoms with Gasteiger partial charge in [-0.05, 0) is 30.7 Å². The molecule has 0 fully saturated rings. The predicted molar refractivity (Wildman–Crippen MR) is 72.2 cm³/mol. The van der Waals surface area contributed by atoms with Crippen LogP contribution in [0.4, 0.5) is 5.69 Å². The molecular formula is C12H8Cl2N2O3. The summed E-state index contributed by atoms with van der Waals surface area (Å²) in [5.41, 5.74) is 0.631. The number of aromatic nitrogens is 1. The van der Waals surface area contributed by atoms with E-state index in [1.165, 1.54) is 12.1 Å². The highest BCUT2D eigenvalue weighted by Gasteiger charge is 2.19. The molecule has 0 saturated heterocycles. The highest BCUT2D eigenvalue weighted by atomic mass is 35.5. The van der Waals surface area contributed by atoms with E-state index in [9.17, 15) is 10.1 Å². The van der Waals surface area contributed by atoms with E-state index in [4.69, 9.17) is 27.9 Å². The van der Waals surface area contributed by atoms with Gasteiger partial charge in [-0.2, -0.15) is 4.98 Å². The van der Waals surface area contributed by atoms with Gasteiger partial charge >= 0.3 is 11.6 Å². The van der Waals surface area contributed by atoms with Gasteiger partial charge in [-0.25, -0.2) is 0 Å². The van der Waals surface area contributed by atoms with E-state index in [1.807, 2.05) is 6.92 Å². The number of nitro groups is 1. The smallest absolute Gasteiger partial charge is 0.331 e. The molecule has 7 heteroatoms. The van der Waals surface area contributed by atoms with Crippen LogP contribution in [0.2, 0.25) is 10.2 Å². The molecule has 2 rings (SSSR count). The van der Waals surface area contributed by atoms with Gasteiger partial charge in [-0.1, -0.05) is 29.3 Å². The Balaban J connectivity index is 2.45. The molecule has 5 nitrogen and oxygen atoms in total. The summed E-state index contributed by atoms with van der Waals surface area (Å²) in [5.74, 6) is 0.101. The van der Waals surface area contributed by atoms with Crippen molar-refractivity contribution in [2.75, 3.05) is 0 Å². The summed E-state index contributed by atoms with van der Waals surface area (Å²) in [6.45, 7) is 1.85. The van der Waals surface area contributed by atoms with Crippen molar-refractivity contribution in [2.24, 2.45) is 0 Å². The second-order valence-electron chi connectivity index (χ2n) is 3.75. The van der Waals surface area contributed by atoms with E-state index in [0.29, 0.717) is 10.8 Å². The van der Waals surface area contributed by atoms with Gasteiger partial charge in [-0.3, -0.25) is 10.1 Å². The first kappa shape index (κ1) is 13.6. The van der Waals surface area contributed by atoms with Crippen molar-refractivity contribution < 1.29 is 9.66 Å². The molecular weight excluding hydrogens is 291 g/mol. The first-order valence-electron chi connectivity index (χ1n) is 5.22. The fourth-order valence-electron chi connectivity index (χ4n) is 1.42. The van der Waals surface area contributed by atoms with Crippen molar-refractivity contribution in [3.05, 3.63) is 56.2 Å². The summed E-state index contributed by atoms with van der Waals surface area (Å²) in [5, 5.41) is 11.3. The number of pyridine rings is 1. The van der Waals surface area contributed by atoms with Gasteiger partial charge < -0.3 is 4.74 Å². The molecule has 0 spiro atoms. The monoisotopic (exact) mass is 298 g/mol. The lowest BCUT2D eigenvalue weighted by atomic mass is 10.2. The van der Waals surface area contributed by atoms with Crippen molar-refractivity contribution in [1.82, 2.24) is 4.98 Å². The van der Waals surface area contributed by atoms with Crippen LogP contribution in [0.25, 0.3) is 0 Å². The normalized spacial score (nSPS) is 10.3. The maximum Gasteiger partial charge on any atom is 0.331 e. The third-order valence-electron chi connectivity index (χ3n) is 2.30. The Labute approximate surface area is 118 Å². The second-order valence-corrected chi connectivity index (χ2v) is 4.55. The van der Waals surface area contributed by atoms with Crippen LogP contribution < -0.4 is 4.74 Å². The van der Waals surface area contributed by atoms with Crippen LogP contribution in [0.1, 0.15) is 5.56 Å². The Hall–Kier alpha value is -1.85. The average Bonchev–Trinajstić information content (AvgIpc) is 2.33. The highest BCUT2D eigenvalue weighted by Crippen LogP contribution is 2.34. The molecule has 0 aliphatic carbocycles. The topological polar surface area (TPSA) is 65.3 Å². The van der Waals surface area contributed by atoms with Crippen molar-refractivity contribution in [3.63, 3.8) is 0 Å². The van der Waals surface area contributed by atoms with Gasteiger partial charge in [0.15, 0.2) is 0 Å². The van der Waals surface area contributed by atoms with E-state index in [1.54, 1.807) is 18.2 Å². The molecule has 0 saturated carbocycles. The molecule has 0 atom stereocenters. The zero-order chi connectivity index (χ0) is 14.0. The van der Waals surface area contributed by atoms with E-state index in [2.05, 4.69) is 4.98 Å². The minimum absolute atomic E-state index is 0.101. The van der Waals surface area contributed by atoms with E-state index in [-0.39, 0.29) is 16.7 Å². The number of aryl methyl sites for hydroxylation is 1. The fourth-order valence-corrected chi connectivity index (χ4v) is 1.71. The third kappa shape index (κ3) is 3.13. The lowest BCUT2D eigenvalue weighted by Crippen LogP contribution is -1.96. The summed E-state index contributed by atoms with van der Waals surface area (Å²) < 4.78 is 5.39. The van der Waals surface area contributed by atoms with Crippen LogP contribution in [0.15, 0.2) is 30.3 Å². The summed E-state index contributed by atoms with van der Waals surface area (Å²) in [6, 6.07) is 7.66. The molecule has 0 unspecified atom stereocenters. The van der Waals surface area contributed by atoms with Gasteiger partial charge in [0.1, 0.15) is 10.9 Å². The molecule has 0 aliphatic rings. The molecule has 98 valence electrons. The van der Waals surface area contributed by atoms with Gasteiger partial charge in [0.25, 0.3) is 0 Å². The molecule has 0 aliphatic heterocycles. The maximum absolute atomic E-state index is 10.9. The number of ether oxygens (including phenoxy) is 1. The van der Waals surface area contributed by atoms with Crippen LogP contribution in [-0.2, 0) is 0 Å². The first-order chi connectivity index (χ1) is 8.97. The van der Waals surface area contributed by atoms with Crippen molar-refractivity contribution in [1.29, 1.82) is 0 Å². The molecule has 1 heterocycles. The predicted octanol–water partition coefficient (Wildman–Crippen LogP) is 4.40. The summed E-state index contributed by atoms with van der Waals surface area (Å²) in [7, 11) is 0. The molecule has 0 amide bonds. The van der Waals surface area contributed by atoms with Crippen LogP contribution >= 0.6 is 23.2 Å². The Kier molecular flexibility index (Phi) is 3.87. The fraction of sp³-hybridized carbons (Fsp3) is 0.0833. The van der Waals surface area contributed by atoms with Gasteiger partial charge in [-0.15, -0.1) is 0 Å². The quantitative estimate of drug-likeness (QED) is 0.478. The van der Waals surface area contributed by atoms with E-state index >= 15 is 0 Å². The number of hydrogen-bond donors (Lipinski definition) is 0. The number of benzene rings is 1.